The van der Waals surface area contributed by atoms with Gasteiger partial charge >= 0.3 is 0 Å². The molecule has 0 aromatic heterocycles. The van der Waals surface area contributed by atoms with Crippen LogP contribution in [0.15, 0.2) is 17.0 Å². The van der Waals surface area contributed by atoms with Gasteiger partial charge in [-0.1, -0.05) is 30.9 Å². The van der Waals surface area contributed by atoms with Crippen molar-refractivity contribution in [1.82, 2.24) is 4.31 Å². The number of nitrogens with zero attached hydrogens (tertiary/aromatic N) is 2. The summed E-state index contributed by atoms with van der Waals surface area (Å²) in [6.07, 6.45) is 4.74. The highest BCUT2D eigenvalue weighted by Gasteiger charge is 2.28. The summed E-state index contributed by atoms with van der Waals surface area (Å²) in [5, 5.41) is 11.2. The van der Waals surface area contributed by atoms with Crippen molar-refractivity contribution in [1.29, 1.82) is 0 Å². The molecule has 0 saturated carbocycles. The second-order valence-corrected chi connectivity index (χ2v) is 7.82. The Morgan fingerprint density at radius 3 is 2.23 bits per heavy atom. The van der Waals surface area contributed by atoms with Crippen molar-refractivity contribution in [3.63, 3.8) is 0 Å². The summed E-state index contributed by atoms with van der Waals surface area (Å²) in [7, 11) is -3.75. The molecule has 0 aliphatic carbocycles. The molecule has 1 aromatic rings. The van der Waals surface area contributed by atoms with Gasteiger partial charge < -0.3 is 0 Å². The molecule has 22 heavy (non-hydrogen) atoms. The van der Waals surface area contributed by atoms with E-state index in [1.807, 2.05) is 0 Å². The van der Waals surface area contributed by atoms with Gasteiger partial charge in [0.05, 0.1) is 14.8 Å². The highest BCUT2D eigenvalue weighted by Crippen LogP contribution is 2.31. The minimum atomic E-state index is -3.75. The summed E-state index contributed by atoms with van der Waals surface area (Å²) < 4.78 is 26.9. The number of halogens is 1. The Morgan fingerprint density at radius 2 is 1.68 bits per heavy atom. The average Bonchev–Trinajstić information content (AvgIpc) is 2.40. The summed E-state index contributed by atoms with van der Waals surface area (Å²) in [5.41, 5.74) is 0.0106. The molecule has 1 aliphatic rings. The van der Waals surface area contributed by atoms with Crippen LogP contribution in [0.5, 0.6) is 0 Å². The van der Waals surface area contributed by atoms with Gasteiger partial charge in [0, 0.05) is 24.7 Å². The molecular weight excluding hydrogens is 328 g/mol. The number of hydrogen-bond donors (Lipinski definition) is 0. The first-order valence-corrected chi connectivity index (χ1v) is 9.10. The largest absolute Gasteiger partial charge is 0.275 e. The lowest BCUT2D eigenvalue weighted by Crippen LogP contribution is -2.33. The van der Waals surface area contributed by atoms with E-state index in [0.717, 1.165) is 38.2 Å². The Bertz CT molecular complexity index is 668. The normalized spacial score (nSPS) is 17.7. The van der Waals surface area contributed by atoms with Crippen molar-refractivity contribution in [2.45, 2.75) is 43.9 Å². The van der Waals surface area contributed by atoms with Gasteiger partial charge in [-0.15, -0.1) is 0 Å². The second kappa shape index (κ2) is 6.93. The molecule has 8 heteroatoms. The maximum absolute atomic E-state index is 12.7. The molecule has 1 saturated heterocycles. The highest BCUT2D eigenvalue weighted by molar-refractivity contribution is 7.89. The van der Waals surface area contributed by atoms with Crippen LogP contribution in [0, 0.1) is 17.0 Å². The van der Waals surface area contributed by atoms with Crippen LogP contribution >= 0.6 is 11.6 Å². The average molecular weight is 347 g/mol. The molecule has 1 fully saturated rings. The zero-order chi connectivity index (χ0) is 16.3. The van der Waals surface area contributed by atoms with Crippen molar-refractivity contribution in [2.75, 3.05) is 13.1 Å². The summed E-state index contributed by atoms with van der Waals surface area (Å²) in [5.74, 6) is 0. The molecule has 122 valence electrons. The van der Waals surface area contributed by atoms with Crippen molar-refractivity contribution < 1.29 is 13.3 Å². The zero-order valence-electron chi connectivity index (χ0n) is 12.4. The lowest BCUT2D eigenvalue weighted by Gasteiger charge is -2.24. The van der Waals surface area contributed by atoms with Crippen molar-refractivity contribution in [2.24, 2.45) is 0 Å². The molecule has 0 amide bonds. The highest BCUT2D eigenvalue weighted by atomic mass is 35.5. The molecule has 0 radical (unpaired) electrons. The van der Waals surface area contributed by atoms with E-state index in [0.29, 0.717) is 13.1 Å². The van der Waals surface area contributed by atoms with Gasteiger partial charge in [-0.3, -0.25) is 10.1 Å². The first kappa shape index (κ1) is 17.2. The molecule has 6 nitrogen and oxygen atoms in total. The van der Waals surface area contributed by atoms with Crippen molar-refractivity contribution in [3.8, 4) is 0 Å². The molecule has 1 aromatic carbocycles. The van der Waals surface area contributed by atoms with Crippen LogP contribution in [-0.2, 0) is 10.0 Å². The number of hydrogen-bond acceptors (Lipinski definition) is 4. The van der Waals surface area contributed by atoms with Crippen LogP contribution in [-0.4, -0.2) is 30.7 Å². The predicted molar refractivity (Wildman–Crippen MR) is 84.7 cm³/mol. The lowest BCUT2D eigenvalue weighted by atomic mass is 10.1. The van der Waals surface area contributed by atoms with Crippen LogP contribution < -0.4 is 0 Å². The standard InChI is InChI=1S/C14H19ClN2O4S/c1-11-13(15)9-12(10-14(11)17(18)19)22(20,21)16-7-5-3-2-4-6-8-16/h9-10H,2-8H2,1H3. The maximum atomic E-state index is 12.7. The minimum absolute atomic E-state index is 0.0971. The van der Waals surface area contributed by atoms with Crippen LogP contribution in [0.25, 0.3) is 0 Å². The lowest BCUT2D eigenvalue weighted by molar-refractivity contribution is -0.385. The van der Waals surface area contributed by atoms with E-state index in [1.165, 1.54) is 17.3 Å². The number of rotatable bonds is 3. The second-order valence-electron chi connectivity index (χ2n) is 5.48. The van der Waals surface area contributed by atoms with Crippen molar-refractivity contribution in [3.05, 3.63) is 32.8 Å². The summed E-state index contributed by atoms with van der Waals surface area (Å²) in [4.78, 5) is 10.4. The van der Waals surface area contributed by atoms with Gasteiger partial charge in [0.2, 0.25) is 10.0 Å². The maximum Gasteiger partial charge on any atom is 0.275 e. The first-order valence-electron chi connectivity index (χ1n) is 7.28. The number of nitro benzene ring substituents is 1. The van der Waals surface area contributed by atoms with E-state index in [1.54, 1.807) is 0 Å². The van der Waals surface area contributed by atoms with Gasteiger partial charge in [-0.05, 0) is 25.8 Å². The van der Waals surface area contributed by atoms with Crippen LogP contribution in [0.2, 0.25) is 5.02 Å². The smallest absolute Gasteiger partial charge is 0.258 e. The Kier molecular flexibility index (Phi) is 5.41. The Hall–Kier alpha value is -1.18. The number of nitro groups is 1. The van der Waals surface area contributed by atoms with Crippen LogP contribution in [0.4, 0.5) is 5.69 Å². The monoisotopic (exact) mass is 346 g/mol. The van der Waals surface area contributed by atoms with E-state index in [9.17, 15) is 18.5 Å². The van der Waals surface area contributed by atoms with E-state index in [-0.39, 0.29) is 21.2 Å². The van der Waals surface area contributed by atoms with Crippen LogP contribution in [0.3, 0.4) is 0 Å². The van der Waals surface area contributed by atoms with Gasteiger partial charge in [-0.2, -0.15) is 4.31 Å². The fraction of sp³-hybridized carbons (Fsp3) is 0.571. The molecule has 0 N–H and O–H groups in total. The Balaban J connectivity index is 2.42. The molecular formula is C14H19ClN2O4S. The fourth-order valence-electron chi connectivity index (χ4n) is 2.59. The molecule has 0 unspecified atom stereocenters. The molecule has 2 rings (SSSR count). The third-order valence-corrected chi connectivity index (χ3v) is 6.21. The summed E-state index contributed by atoms with van der Waals surface area (Å²) in [6.45, 7) is 2.40. The van der Waals surface area contributed by atoms with Crippen molar-refractivity contribution >= 4 is 27.3 Å². The summed E-state index contributed by atoms with van der Waals surface area (Å²) in [6, 6.07) is 2.41. The topological polar surface area (TPSA) is 80.5 Å². The molecule has 0 atom stereocenters. The summed E-state index contributed by atoms with van der Waals surface area (Å²) >= 11 is 5.98. The van der Waals surface area contributed by atoms with Gasteiger partial charge in [-0.25, -0.2) is 8.42 Å². The Morgan fingerprint density at radius 1 is 1.14 bits per heavy atom. The van der Waals surface area contributed by atoms with Gasteiger partial charge in [0.15, 0.2) is 0 Å². The van der Waals surface area contributed by atoms with E-state index in [4.69, 9.17) is 11.6 Å². The quantitative estimate of drug-likeness (QED) is 0.619. The number of sulfonamides is 1. The molecule has 1 heterocycles. The minimum Gasteiger partial charge on any atom is -0.258 e. The zero-order valence-corrected chi connectivity index (χ0v) is 14.0. The third-order valence-electron chi connectivity index (χ3n) is 3.94. The first-order chi connectivity index (χ1) is 10.3. The van der Waals surface area contributed by atoms with E-state index in [2.05, 4.69) is 0 Å². The fourth-order valence-corrected chi connectivity index (χ4v) is 4.43. The van der Waals surface area contributed by atoms with Gasteiger partial charge in [0.25, 0.3) is 5.69 Å². The van der Waals surface area contributed by atoms with Crippen LogP contribution in [0.1, 0.15) is 37.7 Å². The van der Waals surface area contributed by atoms with E-state index >= 15 is 0 Å². The van der Waals surface area contributed by atoms with E-state index < -0.39 is 14.9 Å². The molecule has 0 spiro atoms. The predicted octanol–water partition coefficient (Wildman–Crippen LogP) is 3.51. The Labute approximate surface area is 135 Å². The molecule has 1 aliphatic heterocycles. The SMILES string of the molecule is Cc1c(Cl)cc(S(=O)(=O)N2CCCCCCC2)cc1[N+](=O)[O-]. The number of benzene rings is 1. The third kappa shape index (κ3) is 3.59. The molecule has 0 bridgehead atoms. The van der Waals surface area contributed by atoms with Gasteiger partial charge in [0.1, 0.15) is 0 Å².